The first-order chi connectivity index (χ1) is 5.09. The van der Waals surface area contributed by atoms with E-state index in [1.54, 1.807) is 0 Å². The molecule has 0 aliphatic rings. The van der Waals surface area contributed by atoms with Crippen molar-refractivity contribution in [2.45, 2.75) is 47.0 Å². The van der Waals surface area contributed by atoms with Gasteiger partial charge in [-0.3, -0.25) is 0 Å². The van der Waals surface area contributed by atoms with Gasteiger partial charge < -0.3 is 0 Å². The molecule has 0 aliphatic heterocycles. The van der Waals surface area contributed by atoms with Crippen LogP contribution in [0.25, 0.3) is 0 Å². The molecule has 0 aromatic carbocycles. The van der Waals surface area contributed by atoms with Crippen LogP contribution in [0.4, 0.5) is 0 Å². The summed E-state index contributed by atoms with van der Waals surface area (Å²) in [5, 5.41) is 0. The summed E-state index contributed by atoms with van der Waals surface area (Å²) >= 11 is 0. The van der Waals surface area contributed by atoms with Gasteiger partial charge in [0.1, 0.15) is 0 Å². The highest BCUT2D eigenvalue weighted by atomic mass is 14.0. The van der Waals surface area contributed by atoms with Crippen molar-refractivity contribution in [2.24, 2.45) is 0 Å². The third kappa shape index (κ3) is 4.02. The lowest BCUT2D eigenvalue weighted by Crippen LogP contribution is -1.86. The van der Waals surface area contributed by atoms with Crippen LogP contribution >= 0.6 is 0 Å². The predicted octanol–water partition coefficient (Wildman–Crippen LogP) is 4.09. The van der Waals surface area contributed by atoms with Gasteiger partial charge in [0, 0.05) is 0 Å². The molecule has 0 saturated carbocycles. The molecular weight excluding hydrogens is 132 g/mol. The van der Waals surface area contributed by atoms with Gasteiger partial charge in [0.25, 0.3) is 0 Å². The molecule has 0 aromatic rings. The summed E-state index contributed by atoms with van der Waals surface area (Å²) in [5.41, 5.74) is 4.09. The standard InChI is InChI=1S/C11H20/c1-6-7-8-10(4)11(5)9(2)3/h4,6-8H2,1-3,5H3. The summed E-state index contributed by atoms with van der Waals surface area (Å²) in [4.78, 5) is 0. The lowest BCUT2D eigenvalue weighted by atomic mass is 10.0. The molecule has 0 aliphatic carbocycles. The number of rotatable bonds is 4. The fraction of sp³-hybridized carbons (Fsp3) is 0.636. The van der Waals surface area contributed by atoms with Gasteiger partial charge in [0.2, 0.25) is 0 Å². The minimum absolute atomic E-state index is 1.16. The highest BCUT2D eigenvalue weighted by Gasteiger charge is 1.97. The fourth-order valence-corrected chi connectivity index (χ4v) is 0.931. The van der Waals surface area contributed by atoms with Gasteiger partial charge in [-0.25, -0.2) is 0 Å². The van der Waals surface area contributed by atoms with Crippen molar-refractivity contribution in [1.82, 2.24) is 0 Å². The Bertz CT molecular complexity index is 157. The predicted molar refractivity (Wildman–Crippen MR) is 52.7 cm³/mol. The summed E-state index contributed by atoms with van der Waals surface area (Å²) < 4.78 is 0. The second kappa shape index (κ2) is 5.17. The molecule has 11 heavy (non-hydrogen) atoms. The molecule has 0 heteroatoms. The Kier molecular flexibility index (Phi) is 4.93. The van der Waals surface area contributed by atoms with Crippen LogP contribution in [0.1, 0.15) is 47.0 Å². The summed E-state index contributed by atoms with van der Waals surface area (Å²) in [6, 6.07) is 0. The van der Waals surface area contributed by atoms with E-state index < -0.39 is 0 Å². The molecule has 0 aromatic heterocycles. The van der Waals surface area contributed by atoms with E-state index in [4.69, 9.17) is 0 Å². The molecule has 0 rings (SSSR count). The fourth-order valence-electron chi connectivity index (χ4n) is 0.931. The minimum Gasteiger partial charge on any atom is -0.0956 e. The Morgan fingerprint density at radius 1 is 1.18 bits per heavy atom. The first-order valence-corrected chi connectivity index (χ1v) is 4.41. The highest BCUT2D eigenvalue weighted by molar-refractivity contribution is 5.29. The Hall–Kier alpha value is -0.520. The first kappa shape index (κ1) is 10.5. The van der Waals surface area contributed by atoms with Crippen LogP contribution in [0.3, 0.4) is 0 Å². The van der Waals surface area contributed by atoms with E-state index in [-0.39, 0.29) is 0 Å². The zero-order valence-electron chi connectivity index (χ0n) is 8.33. The Balaban J connectivity index is 3.95. The van der Waals surface area contributed by atoms with E-state index in [0.29, 0.717) is 0 Å². The molecule has 0 radical (unpaired) electrons. The second-order valence-electron chi connectivity index (χ2n) is 3.33. The Morgan fingerprint density at radius 2 is 1.73 bits per heavy atom. The largest absolute Gasteiger partial charge is 0.0956 e. The van der Waals surface area contributed by atoms with E-state index in [0.717, 1.165) is 6.42 Å². The molecule has 64 valence electrons. The number of allylic oxidation sites excluding steroid dienone is 3. The van der Waals surface area contributed by atoms with Gasteiger partial charge in [0.15, 0.2) is 0 Å². The maximum absolute atomic E-state index is 4.06. The summed E-state index contributed by atoms with van der Waals surface area (Å²) in [6.07, 6.45) is 3.69. The lowest BCUT2D eigenvalue weighted by molar-refractivity contribution is 0.791. The molecule has 0 unspecified atom stereocenters. The van der Waals surface area contributed by atoms with Gasteiger partial charge in [0.05, 0.1) is 0 Å². The molecule has 0 N–H and O–H groups in total. The zero-order chi connectivity index (χ0) is 8.85. The van der Waals surface area contributed by atoms with Crippen molar-refractivity contribution in [3.05, 3.63) is 23.3 Å². The third-order valence-electron chi connectivity index (χ3n) is 2.11. The van der Waals surface area contributed by atoms with Crippen LogP contribution < -0.4 is 0 Å². The third-order valence-corrected chi connectivity index (χ3v) is 2.11. The van der Waals surface area contributed by atoms with Crippen molar-refractivity contribution in [2.75, 3.05) is 0 Å². The van der Waals surface area contributed by atoms with Crippen LogP contribution in [-0.2, 0) is 0 Å². The van der Waals surface area contributed by atoms with E-state index in [1.807, 2.05) is 0 Å². The topological polar surface area (TPSA) is 0 Å². The monoisotopic (exact) mass is 152 g/mol. The van der Waals surface area contributed by atoms with Gasteiger partial charge >= 0.3 is 0 Å². The van der Waals surface area contributed by atoms with Crippen molar-refractivity contribution in [3.63, 3.8) is 0 Å². The molecule has 0 nitrogen and oxygen atoms in total. The van der Waals surface area contributed by atoms with E-state index in [1.165, 1.54) is 29.6 Å². The summed E-state index contributed by atoms with van der Waals surface area (Å²) in [6.45, 7) is 12.7. The molecular formula is C11H20. The number of hydrogen-bond donors (Lipinski definition) is 0. The summed E-state index contributed by atoms with van der Waals surface area (Å²) in [7, 11) is 0. The maximum atomic E-state index is 4.06. The average molecular weight is 152 g/mol. The smallest absolute Gasteiger partial charge is 0.0282 e. The maximum Gasteiger partial charge on any atom is -0.0282 e. The van der Waals surface area contributed by atoms with Crippen molar-refractivity contribution < 1.29 is 0 Å². The average Bonchev–Trinajstić information content (AvgIpc) is 1.98. The van der Waals surface area contributed by atoms with Gasteiger partial charge in [-0.1, -0.05) is 31.1 Å². The van der Waals surface area contributed by atoms with Crippen LogP contribution in [0.5, 0.6) is 0 Å². The van der Waals surface area contributed by atoms with Gasteiger partial charge in [-0.05, 0) is 39.2 Å². The highest BCUT2D eigenvalue weighted by Crippen LogP contribution is 2.17. The first-order valence-electron chi connectivity index (χ1n) is 4.41. The SMILES string of the molecule is C=C(CCCC)C(C)=C(C)C. The van der Waals surface area contributed by atoms with Gasteiger partial charge in [-0.15, -0.1) is 0 Å². The summed E-state index contributed by atoms with van der Waals surface area (Å²) in [5.74, 6) is 0. The second-order valence-corrected chi connectivity index (χ2v) is 3.33. The molecule has 0 amide bonds. The molecule has 0 saturated heterocycles. The van der Waals surface area contributed by atoms with Crippen LogP contribution in [0, 0.1) is 0 Å². The minimum atomic E-state index is 1.16. The lowest BCUT2D eigenvalue weighted by Gasteiger charge is -2.06. The van der Waals surface area contributed by atoms with Gasteiger partial charge in [-0.2, -0.15) is 0 Å². The van der Waals surface area contributed by atoms with E-state index in [9.17, 15) is 0 Å². The number of hydrogen-bond acceptors (Lipinski definition) is 0. The van der Waals surface area contributed by atoms with Crippen molar-refractivity contribution in [1.29, 1.82) is 0 Å². The van der Waals surface area contributed by atoms with Crippen molar-refractivity contribution in [3.8, 4) is 0 Å². The number of unbranched alkanes of at least 4 members (excludes halogenated alkanes) is 1. The van der Waals surface area contributed by atoms with Crippen LogP contribution in [-0.4, -0.2) is 0 Å². The molecule has 0 heterocycles. The normalized spacial score (nSPS) is 9.45. The molecule has 0 atom stereocenters. The molecule has 0 spiro atoms. The quantitative estimate of drug-likeness (QED) is 0.532. The Labute approximate surface area is 71.0 Å². The molecule has 0 bridgehead atoms. The van der Waals surface area contributed by atoms with E-state index in [2.05, 4.69) is 34.3 Å². The van der Waals surface area contributed by atoms with E-state index >= 15 is 0 Å². The van der Waals surface area contributed by atoms with Crippen LogP contribution in [0.2, 0.25) is 0 Å². The molecule has 0 fully saturated rings. The van der Waals surface area contributed by atoms with Crippen molar-refractivity contribution >= 4 is 0 Å². The van der Waals surface area contributed by atoms with Crippen LogP contribution in [0.15, 0.2) is 23.3 Å². The Morgan fingerprint density at radius 3 is 2.09 bits per heavy atom. The zero-order valence-corrected chi connectivity index (χ0v) is 8.33.